The van der Waals surface area contributed by atoms with Crippen LogP contribution in [0.2, 0.25) is 0 Å². The summed E-state index contributed by atoms with van der Waals surface area (Å²) in [6.07, 6.45) is 2.55. The predicted molar refractivity (Wildman–Crippen MR) is 94.6 cm³/mol. The van der Waals surface area contributed by atoms with Gasteiger partial charge in [0.2, 0.25) is 0 Å². The first-order valence-electron chi connectivity index (χ1n) is 8.48. The highest BCUT2D eigenvalue weighted by molar-refractivity contribution is 8.00. The molecule has 2 N–H and O–H groups in total. The monoisotopic (exact) mass is 376 g/mol. The summed E-state index contributed by atoms with van der Waals surface area (Å²) in [5.74, 6) is 0.503. The van der Waals surface area contributed by atoms with Gasteiger partial charge in [0, 0.05) is 17.4 Å². The third kappa shape index (κ3) is 7.85. The number of ether oxygens (including phenoxy) is 3. The number of carbonyl (C=O) groups excluding carboxylic acids is 3. The molecule has 0 unspecified atom stereocenters. The maximum Gasteiger partial charge on any atom is 0.407 e. The summed E-state index contributed by atoms with van der Waals surface area (Å²) in [5, 5.41) is 5.67. The van der Waals surface area contributed by atoms with Gasteiger partial charge in [0.25, 0.3) is 0 Å². The van der Waals surface area contributed by atoms with Gasteiger partial charge in [-0.05, 0) is 19.3 Å². The highest BCUT2D eigenvalue weighted by Crippen LogP contribution is 2.31. The first-order valence-corrected chi connectivity index (χ1v) is 9.52. The number of hydrogen-bond acceptors (Lipinski definition) is 7. The molecule has 0 saturated carbocycles. The van der Waals surface area contributed by atoms with E-state index in [1.54, 1.807) is 11.8 Å². The van der Waals surface area contributed by atoms with E-state index in [2.05, 4.69) is 20.1 Å². The smallest absolute Gasteiger partial charge is 0.407 e. The van der Waals surface area contributed by atoms with Gasteiger partial charge in [-0.25, -0.2) is 9.59 Å². The maximum atomic E-state index is 11.6. The zero-order valence-electron chi connectivity index (χ0n) is 15.0. The van der Waals surface area contributed by atoms with Gasteiger partial charge in [0.1, 0.15) is 0 Å². The van der Waals surface area contributed by atoms with Crippen LogP contribution in [-0.4, -0.2) is 62.1 Å². The average Bonchev–Trinajstić information content (AvgIpc) is 2.98. The minimum atomic E-state index is -0.530. The molecule has 1 aliphatic heterocycles. The van der Waals surface area contributed by atoms with Crippen LogP contribution >= 0.6 is 11.8 Å². The zero-order valence-corrected chi connectivity index (χ0v) is 15.9. The number of carbonyl (C=O) groups is 3. The number of hydrogen-bond donors (Lipinski definition) is 2. The molecule has 0 aromatic carbocycles. The zero-order chi connectivity index (χ0) is 18.7. The molecule has 0 aromatic rings. The van der Waals surface area contributed by atoms with E-state index in [0.717, 1.165) is 25.7 Å². The number of rotatable bonds is 9. The number of thioether (sulfide) groups is 1. The number of amides is 2. The Morgan fingerprint density at radius 2 is 1.76 bits per heavy atom. The van der Waals surface area contributed by atoms with Gasteiger partial charge in [-0.2, -0.15) is 11.8 Å². The van der Waals surface area contributed by atoms with E-state index < -0.39 is 12.2 Å². The normalized spacial score (nSPS) is 22.1. The third-order valence-corrected chi connectivity index (χ3v) is 5.38. The van der Waals surface area contributed by atoms with E-state index in [-0.39, 0.29) is 23.3 Å². The quantitative estimate of drug-likeness (QED) is 0.361. The van der Waals surface area contributed by atoms with Crippen LogP contribution in [0.4, 0.5) is 9.59 Å². The lowest BCUT2D eigenvalue weighted by molar-refractivity contribution is -0.143. The van der Waals surface area contributed by atoms with Crippen molar-refractivity contribution in [2.45, 2.75) is 56.4 Å². The molecule has 1 saturated heterocycles. The summed E-state index contributed by atoms with van der Waals surface area (Å²) in [5.41, 5.74) is 0. The van der Waals surface area contributed by atoms with Crippen LogP contribution in [-0.2, 0) is 19.0 Å². The molecule has 144 valence electrons. The number of esters is 1. The van der Waals surface area contributed by atoms with Crippen molar-refractivity contribution >= 4 is 29.9 Å². The van der Waals surface area contributed by atoms with Crippen LogP contribution in [0.5, 0.6) is 0 Å². The Morgan fingerprint density at radius 3 is 2.40 bits per heavy atom. The highest BCUT2D eigenvalue weighted by atomic mass is 32.2. The SMILES string of the molecule is CCCOC(=O)CCCC[C@H]1SC[C@@H](NC(=O)OC)[C@@H]1NC(=O)OC. The first kappa shape index (κ1) is 21.4. The van der Waals surface area contributed by atoms with E-state index in [4.69, 9.17) is 4.74 Å². The van der Waals surface area contributed by atoms with Crippen molar-refractivity contribution in [3.05, 3.63) is 0 Å². The second-order valence-electron chi connectivity index (χ2n) is 5.74. The van der Waals surface area contributed by atoms with E-state index >= 15 is 0 Å². The van der Waals surface area contributed by atoms with E-state index in [0.29, 0.717) is 18.8 Å². The molecule has 1 rings (SSSR count). The summed E-state index contributed by atoms with van der Waals surface area (Å²) in [4.78, 5) is 34.5. The van der Waals surface area contributed by atoms with Crippen LogP contribution < -0.4 is 10.6 Å². The van der Waals surface area contributed by atoms with E-state index in [1.165, 1.54) is 14.2 Å². The molecule has 1 fully saturated rings. The molecule has 3 atom stereocenters. The van der Waals surface area contributed by atoms with Gasteiger partial charge in [-0.3, -0.25) is 4.79 Å². The van der Waals surface area contributed by atoms with Crippen molar-refractivity contribution in [1.82, 2.24) is 10.6 Å². The van der Waals surface area contributed by atoms with Crippen molar-refractivity contribution < 1.29 is 28.6 Å². The molecule has 0 spiro atoms. The number of unbranched alkanes of at least 4 members (excludes halogenated alkanes) is 1. The molecule has 25 heavy (non-hydrogen) atoms. The van der Waals surface area contributed by atoms with E-state index in [9.17, 15) is 14.4 Å². The largest absolute Gasteiger partial charge is 0.466 e. The van der Waals surface area contributed by atoms with Gasteiger partial charge < -0.3 is 24.8 Å². The molecule has 9 heteroatoms. The molecule has 0 aliphatic carbocycles. The van der Waals surface area contributed by atoms with Crippen LogP contribution in [0.1, 0.15) is 39.0 Å². The second-order valence-corrected chi connectivity index (χ2v) is 7.01. The van der Waals surface area contributed by atoms with Crippen molar-refractivity contribution in [3.63, 3.8) is 0 Å². The van der Waals surface area contributed by atoms with Gasteiger partial charge >= 0.3 is 18.2 Å². The van der Waals surface area contributed by atoms with Crippen LogP contribution in [0.15, 0.2) is 0 Å². The summed E-state index contributed by atoms with van der Waals surface area (Å²) >= 11 is 1.68. The summed E-state index contributed by atoms with van der Waals surface area (Å²) in [7, 11) is 2.60. The standard InChI is InChI=1S/C16H28N2O6S/c1-4-9-24-13(19)8-6-5-7-12-14(18-16(21)23-3)11(10-25-12)17-15(20)22-2/h11-12,14H,4-10H2,1-3H3,(H,17,20)(H,18,21)/t11-,12-,14+/m1/s1. The fraction of sp³-hybridized carbons (Fsp3) is 0.812. The molecule has 8 nitrogen and oxygen atoms in total. The molecule has 2 amide bonds. The summed E-state index contributed by atoms with van der Waals surface area (Å²) in [6.45, 7) is 2.42. The first-order chi connectivity index (χ1) is 12.0. The lowest BCUT2D eigenvalue weighted by atomic mass is 10.0. The highest BCUT2D eigenvalue weighted by Gasteiger charge is 2.38. The Balaban J connectivity index is 2.45. The third-order valence-electron chi connectivity index (χ3n) is 3.87. The fourth-order valence-corrected chi connectivity index (χ4v) is 4.13. The van der Waals surface area contributed by atoms with Crippen LogP contribution in [0.25, 0.3) is 0 Å². The van der Waals surface area contributed by atoms with E-state index in [1.807, 2.05) is 6.92 Å². The number of nitrogens with one attached hydrogen (secondary N) is 2. The second kappa shape index (κ2) is 11.8. The van der Waals surface area contributed by atoms with Gasteiger partial charge in [0.05, 0.1) is 32.9 Å². The fourth-order valence-electron chi connectivity index (χ4n) is 2.59. The van der Waals surface area contributed by atoms with Gasteiger partial charge in [-0.15, -0.1) is 0 Å². The van der Waals surface area contributed by atoms with Crippen LogP contribution in [0, 0.1) is 0 Å². The lowest BCUT2D eigenvalue weighted by Crippen LogP contribution is -2.53. The Morgan fingerprint density at radius 1 is 1.08 bits per heavy atom. The average molecular weight is 376 g/mol. The molecule has 0 aromatic heterocycles. The van der Waals surface area contributed by atoms with Gasteiger partial charge in [-0.1, -0.05) is 13.3 Å². The molecule has 1 heterocycles. The lowest BCUT2D eigenvalue weighted by Gasteiger charge is -2.24. The Bertz CT molecular complexity index is 448. The molecular weight excluding hydrogens is 348 g/mol. The Labute approximate surface area is 152 Å². The van der Waals surface area contributed by atoms with Crippen molar-refractivity contribution in [2.24, 2.45) is 0 Å². The van der Waals surface area contributed by atoms with Crippen molar-refractivity contribution in [3.8, 4) is 0 Å². The molecule has 0 bridgehead atoms. The minimum absolute atomic E-state index is 0.132. The van der Waals surface area contributed by atoms with Crippen molar-refractivity contribution in [2.75, 3.05) is 26.6 Å². The Hall–Kier alpha value is -1.64. The Kier molecular flexibility index (Phi) is 10.1. The molecule has 1 aliphatic rings. The van der Waals surface area contributed by atoms with Gasteiger partial charge in [0.15, 0.2) is 0 Å². The minimum Gasteiger partial charge on any atom is -0.466 e. The van der Waals surface area contributed by atoms with Crippen molar-refractivity contribution in [1.29, 1.82) is 0 Å². The summed E-state index contributed by atoms with van der Waals surface area (Å²) < 4.78 is 14.3. The molecule has 0 radical (unpaired) electrons. The predicted octanol–water partition coefficient (Wildman–Crippen LogP) is 2.06. The number of alkyl carbamates (subject to hydrolysis) is 2. The maximum absolute atomic E-state index is 11.6. The topological polar surface area (TPSA) is 103 Å². The summed E-state index contributed by atoms with van der Waals surface area (Å²) in [6, 6.07) is -0.473. The number of methoxy groups -OCH3 is 2. The van der Waals surface area contributed by atoms with Crippen LogP contribution in [0.3, 0.4) is 0 Å². The molecular formula is C16H28N2O6S.